The number of rotatable bonds is 9. The van der Waals surface area contributed by atoms with Crippen LogP contribution in [0, 0.1) is 5.92 Å². The molecule has 31 heavy (non-hydrogen) atoms. The third-order valence-corrected chi connectivity index (χ3v) is 4.66. The maximum atomic E-state index is 12.9. The Hall–Kier alpha value is -3.33. The highest BCUT2D eigenvalue weighted by atomic mass is 35.5. The number of nitrogens with zero attached hydrogens (tertiary/aromatic N) is 4. The smallest absolute Gasteiger partial charge is 0.274 e. The Labute approximate surface area is 185 Å². The summed E-state index contributed by atoms with van der Waals surface area (Å²) in [5.74, 6) is 0.00246. The molecule has 0 saturated heterocycles. The second-order valence-electron chi connectivity index (χ2n) is 7.22. The SMILES string of the molecule is CCn1cc(NC(=O)c2ccnn2COc2ccccc2Cl)c(C(=O)NCC(C)C)n1. The monoisotopic (exact) mass is 444 g/mol. The molecule has 3 aromatic rings. The Bertz CT molecular complexity index is 1060. The van der Waals surface area contributed by atoms with Crippen LogP contribution in [0.25, 0.3) is 0 Å². The Morgan fingerprint density at radius 3 is 2.68 bits per heavy atom. The molecule has 10 heteroatoms. The molecule has 3 rings (SSSR count). The van der Waals surface area contributed by atoms with E-state index in [1.807, 2.05) is 20.8 Å². The maximum Gasteiger partial charge on any atom is 0.274 e. The standard InChI is InChI=1S/C21H25ClN6O3/c1-4-27-12-16(19(26-27)21(30)23-11-14(2)3)25-20(29)17-9-10-24-28(17)13-31-18-8-6-5-7-15(18)22/h5-10,12,14H,4,11,13H2,1-3H3,(H,23,30)(H,25,29). The predicted molar refractivity (Wildman–Crippen MR) is 117 cm³/mol. The molecule has 0 saturated carbocycles. The number of anilines is 1. The number of benzene rings is 1. The van der Waals surface area contributed by atoms with Crippen molar-refractivity contribution in [1.82, 2.24) is 24.9 Å². The fraction of sp³-hybridized carbons (Fsp3) is 0.333. The Kier molecular flexibility index (Phi) is 7.30. The lowest BCUT2D eigenvalue weighted by Crippen LogP contribution is -2.29. The summed E-state index contributed by atoms with van der Waals surface area (Å²) >= 11 is 6.10. The van der Waals surface area contributed by atoms with Gasteiger partial charge in [-0.3, -0.25) is 14.3 Å². The van der Waals surface area contributed by atoms with Crippen LogP contribution in [0.1, 0.15) is 41.7 Å². The fourth-order valence-corrected chi connectivity index (χ4v) is 2.92. The molecular formula is C21H25ClN6O3. The van der Waals surface area contributed by atoms with Crippen molar-refractivity contribution < 1.29 is 14.3 Å². The molecular weight excluding hydrogens is 420 g/mol. The number of aryl methyl sites for hydroxylation is 1. The van der Waals surface area contributed by atoms with Gasteiger partial charge in [-0.25, -0.2) is 4.68 Å². The van der Waals surface area contributed by atoms with Crippen molar-refractivity contribution in [2.24, 2.45) is 5.92 Å². The summed E-state index contributed by atoms with van der Waals surface area (Å²) in [6.07, 6.45) is 3.12. The van der Waals surface area contributed by atoms with Gasteiger partial charge in [0.15, 0.2) is 12.4 Å². The minimum atomic E-state index is -0.436. The maximum absolute atomic E-state index is 12.9. The van der Waals surface area contributed by atoms with Gasteiger partial charge >= 0.3 is 0 Å². The largest absolute Gasteiger partial charge is 0.470 e. The molecule has 1 aromatic carbocycles. The molecule has 0 unspecified atom stereocenters. The van der Waals surface area contributed by atoms with Crippen LogP contribution in [-0.2, 0) is 13.3 Å². The number of carbonyl (C=O) groups is 2. The van der Waals surface area contributed by atoms with Gasteiger partial charge in [0.25, 0.3) is 11.8 Å². The molecule has 0 aliphatic rings. The molecule has 2 aromatic heterocycles. The summed E-state index contributed by atoms with van der Waals surface area (Å²) in [6, 6.07) is 8.61. The van der Waals surface area contributed by atoms with E-state index in [1.54, 1.807) is 41.2 Å². The topological polar surface area (TPSA) is 103 Å². The zero-order chi connectivity index (χ0) is 22.4. The minimum absolute atomic E-state index is 0.00452. The first-order valence-corrected chi connectivity index (χ1v) is 10.3. The van der Waals surface area contributed by atoms with Crippen molar-refractivity contribution >= 4 is 29.1 Å². The van der Waals surface area contributed by atoms with Gasteiger partial charge < -0.3 is 15.4 Å². The molecule has 9 nitrogen and oxygen atoms in total. The lowest BCUT2D eigenvalue weighted by Gasteiger charge is -2.11. The fourth-order valence-electron chi connectivity index (χ4n) is 2.73. The van der Waals surface area contributed by atoms with Crippen molar-refractivity contribution in [3.63, 3.8) is 0 Å². The van der Waals surface area contributed by atoms with Crippen LogP contribution in [0.5, 0.6) is 5.75 Å². The van der Waals surface area contributed by atoms with Crippen LogP contribution < -0.4 is 15.4 Å². The number of hydrogen-bond donors (Lipinski definition) is 2. The quantitative estimate of drug-likeness (QED) is 0.526. The van der Waals surface area contributed by atoms with Crippen molar-refractivity contribution in [2.45, 2.75) is 34.0 Å². The average Bonchev–Trinajstić information content (AvgIpc) is 3.38. The number of aromatic nitrogens is 4. The zero-order valence-corrected chi connectivity index (χ0v) is 18.4. The molecule has 164 valence electrons. The molecule has 2 heterocycles. The van der Waals surface area contributed by atoms with E-state index in [4.69, 9.17) is 16.3 Å². The second-order valence-corrected chi connectivity index (χ2v) is 7.63. The van der Waals surface area contributed by atoms with E-state index in [0.717, 1.165) is 0 Å². The van der Waals surface area contributed by atoms with Crippen molar-refractivity contribution in [3.8, 4) is 5.75 Å². The summed E-state index contributed by atoms with van der Waals surface area (Å²) < 4.78 is 8.67. The van der Waals surface area contributed by atoms with Crippen LogP contribution in [0.4, 0.5) is 5.69 Å². The van der Waals surface area contributed by atoms with E-state index >= 15 is 0 Å². The molecule has 0 aliphatic carbocycles. The molecule has 0 spiro atoms. The summed E-state index contributed by atoms with van der Waals surface area (Å²) in [6.45, 7) is 6.96. The molecule has 2 N–H and O–H groups in total. The number of para-hydroxylation sites is 1. The molecule has 0 atom stereocenters. The first-order chi connectivity index (χ1) is 14.9. The van der Waals surface area contributed by atoms with E-state index in [1.165, 1.54) is 10.9 Å². The molecule has 0 fully saturated rings. The van der Waals surface area contributed by atoms with Gasteiger partial charge in [0.05, 0.1) is 10.7 Å². The normalized spacial score (nSPS) is 10.9. The number of nitrogens with one attached hydrogen (secondary N) is 2. The lowest BCUT2D eigenvalue weighted by molar-refractivity contribution is 0.0944. The Balaban J connectivity index is 1.74. The van der Waals surface area contributed by atoms with E-state index in [9.17, 15) is 9.59 Å². The number of halogens is 1. The first-order valence-electron chi connectivity index (χ1n) is 9.95. The van der Waals surface area contributed by atoms with Gasteiger partial charge in [0, 0.05) is 25.5 Å². The summed E-state index contributed by atoms with van der Waals surface area (Å²) in [5, 5.41) is 14.5. The number of amides is 2. The average molecular weight is 445 g/mol. The van der Waals surface area contributed by atoms with Crippen molar-refractivity contribution in [2.75, 3.05) is 11.9 Å². The van der Waals surface area contributed by atoms with E-state index in [0.29, 0.717) is 35.5 Å². The Morgan fingerprint density at radius 2 is 1.97 bits per heavy atom. The third kappa shape index (κ3) is 5.64. The molecule has 0 aliphatic heterocycles. The van der Waals surface area contributed by atoms with Crippen molar-refractivity contribution in [3.05, 3.63) is 59.1 Å². The number of carbonyl (C=O) groups excluding carboxylic acids is 2. The van der Waals surface area contributed by atoms with Gasteiger partial charge in [0.2, 0.25) is 0 Å². The Morgan fingerprint density at radius 1 is 1.19 bits per heavy atom. The second kappa shape index (κ2) is 10.1. The van der Waals surface area contributed by atoms with Crippen LogP contribution in [-0.4, -0.2) is 37.9 Å². The van der Waals surface area contributed by atoms with Crippen LogP contribution in [0.15, 0.2) is 42.7 Å². The highest BCUT2D eigenvalue weighted by Gasteiger charge is 2.21. The molecule has 0 bridgehead atoms. The molecule has 0 radical (unpaired) electrons. The first kappa shape index (κ1) is 22.4. The highest BCUT2D eigenvalue weighted by Crippen LogP contribution is 2.23. The van der Waals surface area contributed by atoms with Gasteiger partial charge in [-0.05, 0) is 31.0 Å². The lowest BCUT2D eigenvalue weighted by atomic mass is 10.2. The summed E-state index contributed by atoms with van der Waals surface area (Å²) in [5.41, 5.74) is 0.756. The highest BCUT2D eigenvalue weighted by molar-refractivity contribution is 6.32. The van der Waals surface area contributed by atoms with Crippen LogP contribution in [0.2, 0.25) is 5.02 Å². The summed E-state index contributed by atoms with van der Waals surface area (Å²) in [7, 11) is 0. The number of ether oxygens (including phenoxy) is 1. The van der Waals surface area contributed by atoms with E-state index in [-0.39, 0.29) is 24.0 Å². The van der Waals surface area contributed by atoms with E-state index < -0.39 is 5.91 Å². The third-order valence-electron chi connectivity index (χ3n) is 4.35. The zero-order valence-electron chi connectivity index (χ0n) is 17.6. The van der Waals surface area contributed by atoms with Gasteiger partial charge in [-0.15, -0.1) is 0 Å². The van der Waals surface area contributed by atoms with Crippen LogP contribution >= 0.6 is 11.6 Å². The number of hydrogen-bond acceptors (Lipinski definition) is 5. The van der Waals surface area contributed by atoms with Crippen molar-refractivity contribution in [1.29, 1.82) is 0 Å². The minimum Gasteiger partial charge on any atom is -0.470 e. The van der Waals surface area contributed by atoms with Gasteiger partial charge in [0.1, 0.15) is 11.4 Å². The summed E-state index contributed by atoms with van der Waals surface area (Å²) in [4.78, 5) is 25.4. The van der Waals surface area contributed by atoms with Gasteiger partial charge in [-0.2, -0.15) is 10.2 Å². The van der Waals surface area contributed by atoms with Gasteiger partial charge in [-0.1, -0.05) is 37.6 Å². The predicted octanol–water partition coefficient (Wildman–Crippen LogP) is 3.43. The van der Waals surface area contributed by atoms with Crippen LogP contribution in [0.3, 0.4) is 0 Å². The van der Waals surface area contributed by atoms with E-state index in [2.05, 4.69) is 20.8 Å². The molecule has 2 amide bonds.